The molecule has 0 spiro atoms. The topological polar surface area (TPSA) is 46.3 Å². The molecule has 0 aromatic rings. The van der Waals surface area contributed by atoms with Crippen molar-refractivity contribution < 1.29 is 4.79 Å². The van der Waals surface area contributed by atoms with E-state index < -0.39 is 0 Å². The van der Waals surface area contributed by atoms with E-state index in [1.54, 1.807) is 0 Å². The molecule has 1 amide bonds. The van der Waals surface area contributed by atoms with E-state index >= 15 is 0 Å². The summed E-state index contributed by atoms with van der Waals surface area (Å²) in [6.45, 7) is 8.01. The Morgan fingerprint density at radius 3 is 2.07 bits per heavy atom. The molecule has 3 heteroatoms. The van der Waals surface area contributed by atoms with Crippen LogP contribution in [0.4, 0.5) is 0 Å². The van der Waals surface area contributed by atoms with E-state index in [2.05, 4.69) is 13.8 Å². The Labute approximate surface area is 93.0 Å². The fourth-order valence-corrected chi connectivity index (χ4v) is 1.98. The lowest BCUT2D eigenvalue weighted by Crippen LogP contribution is -2.52. The van der Waals surface area contributed by atoms with Crippen molar-refractivity contribution in [2.24, 2.45) is 11.7 Å². The average Bonchev–Trinajstić information content (AvgIpc) is 2.07. The van der Waals surface area contributed by atoms with E-state index in [0.717, 1.165) is 12.8 Å². The van der Waals surface area contributed by atoms with Crippen LogP contribution in [0.1, 0.15) is 47.0 Å². The van der Waals surface area contributed by atoms with Crippen molar-refractivity contribution in [1.29, 1.82) is 0 Å². The number of nitrogens with zero attached hydrogens (tertiary/aromatic N) is 1. The zero-order valence-electron chi connectivity index (χ0n) is 10.4. The molecule has 2 atom stereocenters. The van der Waals surface area contributed by atoms with E-state index in [9.17, 15) is 4.79 Å². The number of carbonyl (C=O) groups is 1. The molecular weight excluding hydrogens is 188 g/mol. The standard InChI is InChI=1S/C12H24N2O/c1-8(2)14(11-6-5-7-11)12(15)9(3)10(4)13/h8-11H,5-7,13H2,1-4H3. The molecule has 0 aromatic heterocycles. The minimum absolute atomic E-state index is 0.0566. The summed E-state index contributed by atoms with van der Waals surface area (Å²) >= 11 is 0. The van der Waals surface area contributed by atoms with E-state index in [0.29, 0.717) is 12.1 Å². The maximum atomic E-state index is 12.2. The highest BCUT2D eigenvalue weighted by atomic mass is 16.2. The lowest BCUT2D eigenvalue weighted by molar-refractivity contribution is -0.141. The second-order valence-corrected chi connectivity index (χ2v) is 5.07. The average molecular weight is 212 g/mol. The summed E-state index contributed by atoms with van der Waals surface area (Å²) in [6, 6.07) is 0.710. The second-order valence-electron chi connectivity index (χ2n) is 5.07. The number of nitrogens with two attached hydrogens (primary N) is 1. The van der Waals surface area contributed by atoms with Gasteiger partial charge in [-0.15, -0.1) is 0 Å². The normalized spacial score (nSPS) is 20.9. The first-order valence-corrected chi connectivity index (χ1v) is 6.03. The highest BCUT2D eigenvalue weighted by Crippen LogP contribution is 2.28. The van der Waals surface area contributed by atoms with Crippen LogP contribution in [-0.4, -0.2) is 28.9 Å². The third-order valence-corrected chi connectivity index (χ3v) is 3.46. The van der Waals surface area contributed by atoms with Gasteiger partial charge in [0.05, 0.1) is 5.92 Å². The molecule has 15 heavy (non-hydrogen) atoms. The van der Waals surface area contributed by atoms with Gasteiger partial charge in [0.15, 0.2) is 0 Å². The van der Waals surface area contributed by atoms with Gasteiger partial charge in [-0.05, 0) is 40.0 Å². The summed E-state index contributed by atoms with van der Waals surface area (Å²) in [5, 5.41) is 0. The van der Waals surface area contributed by atoms with Gasteiger partial charge in [0.2, 0.25) is 5.91 Å². The Bertz CT molecular complexity index is 222. The molecule has 2 unspecified atom stereocenters. The first-order chi connectivity index (χ1) is 6.95. The summed E-state index contributed by atoms with van der Waals surface area (Å²) in [5.74, 6) is 0.165. The minimum atomic E-state index is -0.0620. The molecule has 0 aliphatic heterocycles. The quantitative estimate of drug-likeness (QED) is 0.772. The number of hydrogen-bond donors (Lipinski definition) is 1. The SMILES string of the molecule is CC(N)C(C)C(=O)N(C(C)C)C1CCC1. The van der Waals surface area contributed by atoms with Crippen LogP contribution >= 0.6 is 0 Å². The van der Waals surface area contributed by atoms with Gasteiger partial charge in [-0.3, -0.25) is 4.79 Å². The summed E-state index contributed by atoms with van der Waals surface area (Å²) in [5.41, 5.74) is 5.79. The van der Waals surface area contributed by atoms with Crippen LogP contribution < -0.4 is 5.73 Å². The number of hydrogen-bond acceptors (Lipinski definition) is 2. The molecular formula is C12H24N2O. The first-order valence-electron chi connectivity index (χ1n) is 6.03. The van der Waals surface area contributed by atoms with Gasteiger partial charge < -0.3 is 10.6 Å². The molecule has 3 nitrogen and oxygen atoms in total. The molecule has 1 aliphatic rings. The van der Waals surface area contributed by atoms with Crippen molar-refractivity contribution in [2.45, 2.75) is 65.1 Å². The van der Waals surface area contributed by atoms with Gasteiger partial charge in [0.25, 0.3) is 0 Å². The fourth-order valence-electron chi connectivity index (χ4n) is 1.98. The number of carbonyl (C=O) groups excluding carboxylic acids is 1. The zero-order chi connectivity index (χ0) is 11.6. The van der Waals surface area contributed by atoms with Crippen molar-refractivity contribution in [3.63, 3.8) is 0 Å². The molecule has 0 aromatic carbocycles. The summed E-state index contributed by atoms with van der Waals surface area (Å²) in [6.07, 6.45) is 3.58. The second kappa shape index (κ2) is 4.97. The zero-order valence-corrected chi connectivity index (χ0v) is 10.4. The van der Waals surface area contributed by atoms with Crippen LogP contribution in [0.15, 0.2) is 0 Å². The highest BCUT2D eigenvalue weighted by molar-refractivity contribution is 5.79. The van der Waals surface area contributed by atoms with E-state index in [1.807, 2.05) is 18.7 Å². The number of rotatable bonds is 4. The van der Waals surface area contributed by atoms with Gasteiger partial charge in [-0.2, -0.15) is 0 Å². The van der Waals surface area contributed by atoms with Gasteiger partial charge in [-0.1, -0.05) is 6.92 Å². The van der Waals surface area contributed by atoms with Crippen molar-refractivity contribution in [2.75, 3.05) is 0 Å². The van der Waals surface area contributed by atoms with Gasteiger partial charge in [0, 0.05) is 18.1 Å². The van der Waals surface area contributed by atoms with E-state index in [4.69, 9.17) is 5.73 Å². The van der Waals surface area contributed by atoms with Crippen LogP contribution in [0.5, 0.6) is 0 Å². The maximum Gasteiger partial charge on any atom is 0.227 e. The van der Waals surface area contributed by atoms with E-state index in [1.165, 1.54) is 6.42 Å². The van der Waals surface area contributed by atoms with E-state index in [-0.39, 0.29) is 17.9 Å². The van der Waals surface area contributed by atoms with Crippen LogP contribution in [0.2, 0.25) is 0 Å². The Morgan fingerprint density at radius 1 is 1.27 bits per heavy atom. The Morgan fingerprint density at radius 2 is 1.80 bits per heavy atom. The van der Waals surface area contributed by atoms with Crippen molar-refractivity contribution in [1.82, 2.24) is 4.90 Å². The van der Waals surface area contributed by atoms with Crippen LogP contribution in [0.3, 0.4) is 0 Å². The first kappa shape index (κ1) is 12.5. The third-order valence-electron chi connectivity index (χ3n) is 3.46. The fraction of sp³-hybridized carbons (Fsp3) is 0.917. The minimum Gasteiger partial charge on any atom is -0.337 e. The van der Waals surface area contributed by atoms with Crippen molar-refractivity contribution in [3.05, 3.63) is 0 Å². The summed E-state index contributed by atoms with van der Waals surface area (Å²) in [4.78, 5) is 14.2. The van der Waals surface area contributed by atoms with Gasteiger partial charge in [0.1, 0.15) is 0 Å². The molecule has 0 heterocycles. The monoisotopic (exact) mass is 212 g/mol. The molecule has 1 fully saturated rings. The molecule has 1 rings (SSSR count). The Hall–Kier alpha value is -0.570. The largest absolute Gasteiger partial charge is 0.337 e. The molecule has 88 valence electrons. The highest BCUT2D eigenvalue weighted by Gasteiger charge is 2.33. The molecule has 0 saturated heterocycles. The Kier molecular flexibility index (Phi) is 4.14. The Balaban J connectivity index is 2.66. The lowest BCUT2D eigenvalue weighted by Gasteiger charge is -2.42. The van der Waals surface area contributed by atoms with Gasteiger partial charge in [-0.25, -0.2) is 0 Å². The third kappa shape index (κ3) is 2.71. The summed E-state index contributed by atoms with van der Waals surface area (Å²) in [7, 11) is 0. The smallest absolute Gasteiger partial charge is 0.227 e. The predicted octanol–water partition coefficient (Wildman–Crippen LogP) is 1.76. The van der Waals surface area contributed by atoms with Crippen molar-refractivity contribution in [3.8, 4) is 0 Å². The van der Waals surface area contributed by atoms with Crippen LogP contribution in [-0.2, 0) is 4.79 Å². The van der Waals surface area contributed by atoms with Crippen LogP contribution in [0.25, 0.3) is 0 Å². The summed E-state index contributed by atoms with van der Waals surface area (Å²) < 4.78 is 0. The number of amides is 1. The van der Waals surface area contributed by atoms with Gasteiger partial charge >= 0.3 is 0 Å². The van der Waals surface area contributed by atoms with Crippen molar-refractivity contribution >= 4 is 5.91 Å². The molecule has 2 N–H and O–H groups in total. The maximum absolute atomic E-state index is 12.2. The predicted molar refractivity (Wildman–Crippen MR) is 62.4 cm³/mol. The molecule has 1 saturated carbocycles. The molecule has 1 aliphatic carbocycles. The van der Waals surface area contributed by atoms with Crippen LogP contribution in [0, 0.1) is 5.92 Å². The lowest BCUT2D eigenvalue weighted by atomic mass is 9.89. The molecule has 0 radical (unpaired) electrons. The molecule has 0 bridgehead atoms.